The molecule has 118 valence electrons. The maximum atomic E-state index is 12.5. The van der Waals surface area contributed by atoms with Crippen LogP contribution >= 0.6 is 0 Å². The van der Waals surface area contributed by atoms with Gasteiger partial charge in [0.2, 0.25) is 10.0 Å². The summed E-state index contributed by atoms with van der Waals surface area (Å²) in [7, 11) is -0.0604. The van der Waals surface area contributed by atoms with E-state index in [1.54, 1.807) is 37.4 Å². The van der Waals surface area contributed by atoms with E-state index in [9.17, 15) is 13.5 Å². The summed E-state index contributed by atoms with van der Waals surface area (Å²) in [5, 5.41) is 10.2. The molecule has 0 amide bonds. The quantitative estimate of drug-likeness (QED) is 0.800. The lowest BCUT2D eigenvalue weighted by atomic mass is 10.2. The minimum Gasteiger partial charge on any atom is -0.390 e. The van der Waals surface area contributed by atoms with Crippen molar-refractivity contribution in [1.29, 1.82) is 0 Å². The highest BCUT2D eigenvalue weighted by molar-refractivity contribution is 7.89. The Morgan fingerprint density at radius 1 is 1.33 bits per heavy atom. The lowest BCUT2D eigenvalue weighted by Crippen LogP contribution is -2.42. The monoisotopic (exact) mass is 314 g/mol. The van der Waals surface area contributed by atoms with Crippen LogP contribution in [0.5, 0.6) is 0 Å². The molecule has 0 aliphatic carbocycles. The molecule has 0 aromatic heterocycles. The number of ether oxygens (including phenoxy) is 1. The van der Waals surface area contributed by atoms with E-state index in [-0.39, 0.29) is 17.5 Å². The topological polar surface area (TPSA) is 70.1 Å². The van der Waals surface area contributed by atoms with E-state index in [1.165, 1.54) is 4.31 Å². The molecule has 1 N–H and O–H groups in total. The van der Waals surface area contributed by atoms with Crippen LogP contribution in [0.1, 0.15) is 0 Å². The maximum Gasteiger partial charge on any atom is 0.243 e. The van der Waals surface area contributed by atoms with Crippen LogP contribution in [0.2, 0.25) is 0 Å². The van der Waals surface area contributed by atoms with Crippen molar-refractivity contribution >= 4 is 10.0 Å². The molecule has 6 nitrogen and oxygen atoms in total. The van der Waals surface area contributed by atoms with Crippen molar-refractivity contribution in [3.8, 4) is 0 Å². The van der Waals surface area contributed by atoms with Crippen molar-refractivity contribution in [1.82, 2.24) is 9.21 Å². The van der Waals surface area contributed by atoms with Crippen LogP contribution in [-0.2, 0) is 14.8 Å². The number of nitrogens with zero attached hydrogens (tertiary/aromatic N) is 2. The molecule has 0 saturated carbocycles. The molecule has 0 bridgehead atoms. The number of sulfonamides is 1. The van der Waals surface area contributed by atoms with Gasteiger partial charge in [-0.3, -0.25) is 4.90 Å². The number of β-amino-alcohol motifs (C(OH)–C–C–N with tert-alkyl or cyclic N) is 1. The largest absolute Gasteiger partial charge is 0.390 e. The number of hydrogen-bond donors (Lipinski definition) is 1. The van der Waals surface area contributed by atoms with Crippen LogP contribution in [0, 0.1) is 0 Å². The summed E-state index contributed by atoms with van der Waals surface area (Å²) in [5.74, 6) is 0. The second-order valence-corrected chi connectivity index (χ2v) is 7.18. The number of aliphatic hydroxyl groups excluding tert-OH is 1. The number of hydrogen-bond acceptors (Lipinski definition) is 5. The Balaban J connectivity index is 2.10. The van der Waals surface area contributed by atoms with Gasteiger partial charge in [0.1, 0.15) is 0 Å². The summed E-state index contributed by atoms with van der Waals surface area (Å²) in [6.45, 7) is 1.61. The van der Waals surface area contributed by atoms with Gasteiger partial charge in [0.25, 0.3) is 0 Å². The van der Waals surface area contributed by atoms with Crippen LogP contribution in [0.25, 0.3) is 0 Å². The fraction of sp³-hybridized carbons (Fsp3) is 0.571. The van der Waals surface area contributed by atoms with Gasteiger partial charge in [-0.15, -0.1) is 0 Å². The van der Waals surface area contributed by atoms with Crippen LogP contribution in [0.3, 0.4) is 0 Å². The summed E-state index contributed by atoms with van der Waals surface area (Å²) in [6.07, 6.45) is -0.689. The maximum absolute atomic E-state index is 12.5. The van der Waals surface area contributed by atoms with Crippen molar-refractivity contribution < 1.29 is 18.3 Å². The van der Waals surface area contributed by atoms with E-state index < -0.39 is 16.1 Å². The molecule has 1 aromatic rings. The van der Waals surface area contributed by atoms with E-state index in [1.807, 2.05) is 11.9 Å². The van der Waals surface area contributed by atoms with Crippen LogP contribution in [-0.4, -0.2) is 75.3 Å². The Labute approximate surface area is 126 Å². The van der Waals surface area contributed by atoms with Gasteiger partial charge in [-0.05, 0) is 19.2 Å². The molecule has 0 unspecified atom stereocenters. The third kappa shape index (κ3) is 3.61. The number of benzene rings is 1. The predicted octanol–water partition coefficient (Wildman–Crippen LogP) is -0.00140. The van der Waals surface area contributed by atoms with Crippen molar-refractivity contribution in [3.63, 3.8) is 0 Å². The molecule has 2 rings (SSSR count). The van der Waals surface area contributed by atoms with Gasteiger partial charge in [0, 0.05) is 26.7 Å². The third-order valence-electron chi connectivity index (χ3n) is 3.82. The highest BCUT2D eigenvalue weighted by Crippen LogP contribution is 2.23. The molecule has 21 heavy (non-hydrogen) atoms. The van der Waals surface area contributed by atoms with Crippen LogP contribution in [0.4, 0.5) is 0 Å². The van der Waals surface area contributed by atoms with Gasteiger partial charge in [-0.1, -0.05) is 18.2 Å². The minimum absolute atomic E-state index is 0.124. The summed E-state index contributed by atoms with van der Waals surface area (Å²) in [5.41, 5.74) is 0. The normalized spacial score (nSPS) is 23.8. The summed E-state index contributed by atoms with van der Waals surface area (Å²) >= 11 is 0. The molecule has 1 aliphatic rings. The van der Waals surface area contributed by atoms with Gasteiger partial charge in [-0.2, -0.15) is 4.31 Å². The average Bonchev–Trinajstić information content (AvgIpc) is 2.88. The van der Waals surface area contributed by atoms with E-state index in [0.717, 1.165) is 0 Å². The van der Waals surface area contributed by atoms with Gasteiger partial charge in [-0.25, -0.2) is 8.42 Å². The zero-order chi connectivity index (χ0) is 15.5. The first-order chi connectivity index (χ1) is 9.96. The lowest BCUT2D eigenvalue weighted by Gasteiger charge is -2.26. The Hall–Kier alpha value is -0.990. The first-order valence-corrected chi connectivity index (χ1v) is 8.33. The Bertz CT molecular complexity index is 549. The fourth-order valence-corrected chi connectivity index (χ4v) is 4.00. The van der Waals surface area contributed by atoms with Gasteiger partial charge in [0.05, 0.1) is 23.6 Å². The molecule has 0 radical (unpaired) electrons. The standard InChI is InChI=1S/C14H22N2O4S/c1-15(8-9-20-2)13-10-16(11-14(13)17)21(18,19)12-6-4-3-5-7-12/h3-7,13-14,17H,8-11H2,1-2H3/t13-,14-/m0/s1. The zero-order valence-electron chi connectivity index (χ0n) is 12.3. The second-order valence-electron chi connectivity index (χ2n) is 5.24. The van der Waals surface area contributed by atoms with Crippen molar-refractivity contribution in [3.05, 3.63) is 30.3 Å². The highest BCUT2D eigenvalue weighted by atomic mass is 32.2. The van der Waals surface area contributed by atoms with Gasteiger partial charge >= 0.3 is 0 Å². The van der Waals surface area contributed by atoms with Crippen molar-refractivity contribution in [2.24, 2.45) is 0 Å². The lowest BCUT2D eigenvalue weighted by molar-refractivity contribution is 0.0781. The molecule has 0 spiro atoms. The van der Waals surface area contributed by atoms with Gasteiger partial charge < -0.3 is 9.84 Å². The number of methoxy groups -OCH3 is 1. The molecule has 1 aromatic carbocycles. The average molecular weight is 314 g/mol. The van der Waals surface area contributed by atoms with E-state index in [4.69, 9.17) is 4.74 Å². The third-order valence-corrected chi connectivity index (χ3v) is 5.67. The highest BCUT2D eigenvalue weighted by Gasteiger charge is 2.40. The molecular formula is C14H22N2O4S. The molecule has 1 fully saturated rings. The fourth-order valence-electron chi connectivity index (χ4n) is 2.51. The molecule has 2 atom stereocenters. The Morgan fingerprint density at radius 3 is 2.62 bits per heavy atom. The Kier molecular flexibility index (Phi) is 5.34. The number of rotatable bonds is 6. The SMILES string of the molecule is COCCN(C)[C@H]1CN(S(=O)(=O)c2ccccc2)C[C@@H]1O. The number of aliphatic hydroxyl groups is 1. The molecule has 1 heterocycles. The van der Waals surface area contributed by atoms with Crippen molar-refractivity contribution in [2.75, 3.05) is 40.4 Å². The summed E-state index contributed by atoms with van der Waals surface area (Å²) < 4.78 is 31.4. The zero-order valence-corrected chi connectivity index (χ0v) is 13.2. The molecule has 1 saturated heterocycles. The second kappa shape index (κ2) is 6.85. The smallest absolute Gasteiger partial charge is 0.243 e. The summed E-state index contributed by atoms with van der Waals surface area (Å²) in [6, 6.07) is 8.11. The first kappa shape index (κ1) is 16.4. The van der Waals surface area contributed by atoms with E-state index >= 15 is 0 Å². The predicted molar refractivity (Wildman–Crippen MR) is 79.5 cm³/mol. The first-order valence-electron chi connectivity index (χ1n) is 6.89. The van der Waals surface area contributed by atoms with Crippen LogP contribution in [0.15, 0.2) is 35.2 Å². The minimum atomic E-state index is -3.54. The Morgan fingerprint density at radius 2 is 2.00 bits per heavy atom. The molecule has 1 aliphatic heterocycles. The molecular weight excluding hydrogens is 292 g/mol. The number of likely N-dealkylation sites (N-methyl/N-ethyl adjacent to an activating group) is 1. The van der Waals surface area contributed by atoms with Crippen LogP contribution < -0.4 is 0 Å². The van der Waals surface area contributed by atoms with Gasteiger partial charge in [0.15, 0.2) is 0 Å². The van der Waals surface area contributed by atoms with E-state index in [0.29, 0.717) is 19.7 Å². The summed E-state index contributed by atoms with van der Waals surface area (Å²) in [4.78, 5) is 2.20. The van der Waals surface area contributed by atoms with E-state index in [2.05, 4.69) is 0 Å². The molecule has 7 heteroatoms. The van der Waals surface area contributed by atoms with Crippen molar-refractivity contribution in [2.45, 2.75) is 17.0 Å².